The minimum Gasteiger partial charge on any atom is -0.256 e. The number of halogens is 1. The van der Waals surface area contributed by atoms with Gasteiger partial charge in [0.05, 0.1) is 11.4 Å². The summed E-state index contributed by atoms with van der Waals surface area (Å²) in [6.07, 6.45) is 1.82. The highest BCUT2D eigenvalue weighted by Gasteiger charge is 2.08. The fraction of sp³-hybridized carbons (Fsp3) is 0.111. The number of nitrogens with zero attached hydrogens (tertiary/aromatic N) is 2. The first kappa shape index (κ1) is 14.0. The van der Waals surface area contributed by atoms with Crippen molar-refractivity contribution in [1.29, 1.82) is 0 Å². The van der Waals surface area contributed by atoms with Gasteiger partial charge in [0.15, 0.2) is 0 Å². The van der Waals surface area contributed by atoms with Crippen LogP contribution in [0.25, 0.3) is 22.5 Å². The Labute approximate surface area is 133 Å². The van der Waals surface area contributed by atoms with Gasteiger partial charge in [-0.2, -0.15) is 0 Å². The molecule has 0 amide bonds. The van der Waals surface area contributed by atoms with Crippen molar-refractivity contribution in [2.75, 3.05) is 0 Å². The first-order chi connectivity index (χ1) is 10.1. The van der Waals surface area contributed by atoms with Crippen molar-refractivity contribution in [3.8, 4) is 22.5 Å². The highest BCUT2D eigenvalue weighted by atomic mass is 79.9. The minimum atomic E-state index is 0.861. The lowest BCUT2D eigenvalue weighted by Crippen LogP contribution is -1.91. The molecule has 2 heterocycles. The highest BCUT2D eigenvalue weighted by Crippen LogP contribution is 2.28. The summed E-state index contributed by atoms with van der Waals surface area (Å²) in [6.45, 7) is 4.18. The molecule has 0 N–H and O–H groups in total. The van der Waals surface area contributed by atoms with Crippen LogP contribution in [0.2, 0.25) is 0 Å². The van der Waals surface area contributed by atoms with E-state index in [1.807, 2.05) is 30.5 Å². The molecule has 3 heteroatoms. The van der Waals surface area contributed by atoms with Crippen LogP contribution in [0, 0.1) is 13.8 Å². The average molecular weight is 339 g/mol. The molecule has 0 radical (unpaired) electrons. The van der Waals surface area contributed by atoms with Gasteiger partial charge in [-0.25, -0.2) is 4.98 Å². The van der Waals surface area contributed by atoms with Crippen molar-refractivity contribution >= 4 is 15.9 Å². The zero-order valence-corrected chi connectivity index (χ0v) is 13.6. The summed E-state index contributed by atoms with van der Waals surface area (Å²) in [6, 6.07) is 16.5. The standard InChI is InChI=1S/C18H15BrN2/c1-12-9-17(21-18(19)10-12)15-11-14(7-6-13(15)2)16-5-3-4-8-20-16/h3-11H,1-2H3. The Balaban J connectivity index is 2.14. The van der Waals surface area contributed by atoms with Crippen molar-refractivity contribution in [2.24, 2.45) is 0 Å². The van der Waals surface area contributed by atoms with Gasteiger partial charge in [0.2, 0.25) is 0 Å². The lowest BCUT2D eigenvalue weighted by molar-refractivity contribution is 1.23. The van der Waals surface area contributed by atoms with Crippen LogP contribution >= 0.6 is 15.9 Å². The maximum atomic E-state index is 4.60. The second kappa shape index (κ2) is 5.78. The monoisotopic (exact) mass is 338 g/mol. The third-order valence-electron chi connectivity index (χ3n) is 3.41. The molecule has 0 aliphatic rings. The number of rotatable bonds is 2. The van der Waals surface area contributed by atoms with E-state index in [-0.39, 0.29) is 0 Å². The zero-order chi connectivity index (χ0) is 14.8. The average Bonchev–Trinajstić information content (AvgIpc) is 2.47. The predicted octanol–water partition coefficient (Wildman–Crippen LogP) is 5.19. The van der Waals surface area contributed by atoms with E-state index < -0.39 is 0 Å². The third kappa shape index (κ3) is 3.03. The fourth-order valence-electron chi connectivity index (χ4n) is 2.35. The first-order valence-electron chi connectivity index (χ1n) is 6.80. The Morgan fingerprint density at radius 3 is 2.48 bits per heavy atom. The summed E-state index contributed by atoms with van der Waals surface area (Å²) in [5.74, 6) is 0. The number of pyridine rings is 2. The summed E-state index contributed by atoms with van der Waals surface area (Å²) >= 11 is 3.47. The van der Waals surface area contributed by atoms with Crippen molar-refractivity contribution in [2.45, 2.75) is 13.8 Å². The summed E-state index contributed by atoms with van der Waals surface area (Å²) in [4.78, 5) is 9.02. The van der Waals surface area contributed by atoms with Crippen molar-refractivity contribution in [1.82, 2.24) is 9.97 Å². The van der Waals surface area contributed by atoms with Crippen LogP contribution in [0.1, 0.15) is 11.1 Å². The molecule has 0 aliphatic carbocycles. The quantitative estimate of drug-likeness (QED) is 0.601. The molecule has 2 aromatic heterocycles. The van der Waals surface area contributed by atoms with Gasteiger partial charge < -0.3 is 0 Å². The van der Waals surface area contributed by atoms with Crippen LogP contribution in [0.5, 0.6) is 0 Å². The SMILES string of the molecule is Cc1cc(Br)nc(-c2cc(-c3ccccn3)ccc2C)c1. The topological polar surface area (TPSA) is 25.8 Å². The van der Waals surface area contributed by atoms with Gasteiger partial charge >= 0.3 is 0 Å². The third-order valence-corrected chi connectivity index (χ3v) is 3.82. The second-order valence-electron chi connectivity index (χ2n) is 5.10. The van der Waals surface area contributed by atoms with E-state index in [0.29, 0.717) is 0 Å². The van der Waals surface area contributed by atoms with E-state index in [4.69, 9.17) is 0 Å². The molecule has 0 aliphatic heterocycles. The Morgan fingerprint density at radius 2 is 1.76 bits per heavy atom. The Kier molecular flexibility index (Phi) is 3.84. The lowest BCUT2D eigenvalue weighted by Gasteiger charge is -2.09. The molecule has 0 unspecified atom stereocenters. The Hall–Kier alpha value is -2.00. The molecular weight excluding hydrogens is 324 g/mol. The lowest BCUT2D eigenvalue weighted by atomic mass is 9.99. The van der Waals surface area contributed by atoms with Crippen molar-refractivity contribution in [3.63, 3.8) is 0 Å². The highest BCUT2D eigenvalue weighted by molar-refractivity contribution is 9.10. The van der Waals surface area contributed by atoms with Crippen LogP contribution in [-0.2, 0) is 0 Å². The van der Waals surface area contributed by atoms with Crippen LogP contribution in [0.15, 0.2) is 59.3 Å². The molecule has 0 saturated heterocycles. The van der Waals surface area contributed by atoms with Gasteiger partial charge in [0, 0.05) is 17.3 Å². The number of aryl methyl sites for hydroxylation is 2. The molecule has 0 saturated carbocycles. The molecule has 104 valence electrons. The maximum Gasteiger partial charge on any atom is 0.107 e. The van der Waals surface area contributed by atoms with Gasteiger partial charge in [0.1, 0.15) is 4.60 Å². The van der Waals surface area contributed by atoms with Crippen LogP contribution in [-0.4, -0.2) is 9.97 Å². The summed E-state index contributed by atoms with van der Waals surface area (Å²) in [7, 11) is 0. The van der Waals surface area contributed by atoms with E-state index in [9.17, 15) is 0 Å². The largest absolute Gasteiger partial charge is 0.256 e. The molecule has 3 rings (SSSR count). The summed E-state index contributed by atoms with van der Waals surface area (Å²) < 4.78 is 0.861. The van der Waals surface area contributed by atoms with E-state index in [0.717, 1.165) is 27.1 Å². The number of aromatic nitrogens is 2. The fourth-order valence-corrected chi connectivity index (χ4v) is 2.91. The maximum absolute atomic E-state index is 4.60. The minimum absolute atomic E-state index is 0.861. The van der Waals surface area contributed by atoms with Gasteiger partial charge in [-0.05, 0) is 71.2 Å². The van der Waals surface area contributed by atoms with Crippen LogP contribution in [0.3, 0.4) is 0 Å². The van der Waals surface area contributed by atoms with Crippen LogP contribution in [0.4, 0.5) is 0 Å². The molecule has 0 atom stereocenters. The second-order valence-corrected chi connectivity index (χ2v) is 5.91. The molecule has 0 spiro atoms. The molecule has 1 aromatic carbocycles. The molecule has 0 fully saturated rings. The first-order valence-corrected chi connectivity index (χ1v) is 7.59. The zero-order valence-electron chi connectivity index (χ0n) is 12.0. The normalized spacial score (nSPS) is 10.6. The number of hydrogen-bond donors (Lipinski definition) is 0. The smallest absolute Gasteiger partial charge is 0.107 e. The summed E-state index contributed by atoms with van der Waals surface area (Å²) in [5.41, 5.74) is 6.61. The molecule has 0 bridgehead atoms. The number of hydrogen-bond acceptors (Lipinski definition) is 2. The Morgan fingerprint density at radius 1 is 0.905 bits per heavy atom. The van der Waals surface area contributed by atoms with E-state index in [1.54, 1.807) is 0 Å². The van der Waals surface area contributed by atoms with Crippen LogP contribution < -0.4 is 0 Å². The summed E-state index contributed by atoms with van der Waals surface area (Å²) in [5, 5.41) is 0. The van der Waals surface area contributed by atoms with E-state index in [2.05, 4.69) is 64.0 Å². The van der Waals surface area contributed by atoms with Gasteiger partial charge in [0.25, 0.3) is 0 Å². The van der Waals surface area contributed by atoms with E-state index in [1.165, 1.54) is 11.1 Å². The van der Waals surface area contributed by atoms with Crippen molar-refractivity contribution in [3.05, 3.63) is 70.5 Å². The van der Waals surface area contributed by atoms with E-state index >= 15 is 0 Å². The predicted molar refractivity (Wildman–Crippen MR) is 90.1 cm³/mol. The van der Waals surface area contributed by atoms with Gasteiger partial charge in [-0.15, -0.1) is 0 Å². The molecule has 3 aromatic rings. The molecule has 21 heavy (non-hydrogen) atoms. The van der Waals surface area contributed by atoms with Crippen molar-refractivity contribution < 1.29 is 0 Å². The van der Waals surface area contributed by atoms with Gasteiger partial charge in [-0.1, -0.05) is 18.2 Å². The molecule has 2 nitrogen and oxygen atoms in total. The Bertz CT molecular complexity index is 762. The molecular formula is C18H15BrN2. The number of benzene rings is 1. The van der Waals surface area contributed by atoms with Gasteiger partial charge in [-0.3, -0.25) is 4.98 Å².